The first kappa shape index (κ1) is 16.0. The molecule has 0 bridgehead atoms. The van der Waals surface area contributed by atoms with Gasteiger partial charge in [-0.2, -0.15) is 0 Å². The van der Waals surface area contributed by atoms with Gasteiger partial charge in [0, 0.05) is 29.8 Å². The van der Waals surface area contributed by atoms with Crippen molar-refractivity contribution in [2.45, 2.75) is 20.3 Å². The fourth-order valence-electron chi connectivity index (χ4n) is 2.25. The van der Waals surface area contributed by atoms with Crippen LogP contribution in [0, 0.1) is 6.92 Å². The number of benzene rings is 1. The summed E-state index contributed by atoms with van der Waals surface area (Å²) in [6.07, 6.45) is 0.293. The molecule has 0 aliphatic rings. The van der Waals surface area contributed by atoms with E-state index in [2.05, 4.69) is 9.97 Å². The van der Waals surface area contributed by atoms with E-state index in [-0.39, 0.29) is 12.2 Å². The average molecular weight is 304 g/mol. The first-order valence-corrected chi connectivity index (χ1v) is 7.12. The van der Waals surface area contributed by atoms with Crippen molar-refractivity contribution in [2.75, 3.05) is 20.3 Å². The number of H-pyrrole nitrogens is 1. The highest BCUT2D eigenvalue weighted by atomic mass is 16.5. The fraction of sp³-hybridized carbons (Fsp3) is 0.375. The predicted octanol–water partition coefficient (Wildman–Crippen LogP) is 1.69. The summed E-state index contributed by atoms with van der Waals surface area (Å²) in [5, 5.41) is 9.00. The lowest BCUT2D eigenvalue weighted by Gasteiger charge is -2.11. The van der Waals surface area contributed by atoms with E-state index >= 15 is 0 Å². The number of aromatic nitrogens is 2. The number of methoxy groups -OCH3 is 1. The highest BCUT2D eigenvalue weighted by Crippen LogP contribution is 2.31. The third kappa shape index (κ3) is 3.28. The Morgan fingerprint density at radius 1 is 1.32 bits per heavy atom. The lowest BCUT2D eigenvalue weighted by Crippen LogP contribution is -2.18. The van der Waals surface area contributed by atoms with Gasteiger partial charge in [-0.05, 0) is 32.0 Å². The molecule has 0 saturated heterocycles. The molecule has 1 aromatic carbocycles. The molecule has 22 heavy (non-hydrogen) atoms. The molecule has 0 amide bonds. The van der Waals surface area contributed by atoms with Crippen molar-refractivity contribution in [3.8, 4) is 22.9 Å². The SMILES string of the molecule is CCOc1cc(-c2nc(C)c(CCO)c(=O)[nH]2)ccc1OC. The number of rotatable bonds is 6. The molecule has 0 radical (unpaired) electrons. The Labute approximate surface area is 128 Å². The maximum absolute atomic E-state index is 12.1. The summed E-state index contributed by atoms with van der Waals surface area (Å²) in [6.45, 7) is 4.08. The summed E-state index contributed by atoms with van der Waals surface area (Å²) in [4.78, 5) is 19.3. The molecule has 2 N–H and O–H groups in total. The molecule has 6 heteroatoms. The van der Waals surface area contributed by atoms with Crippen LogP contribution >= 0.6 is 0 Å². The quantitative estimate of drug-likeness (QED) is 0.848. The van der Waals surface area contributed by atoms with Crippen LogP contribution < -0.4 is 15.0 Å². The Hall–Kier alpha value is -2.34. The molecule has 118 valence electrons. The fourth-order valence-corrected chi connectivity index (χ4v) is 2.25. The van der Waals surface area contributed by atoms with Crippen molar-refractivity contribution in [1.29, 1.82) is 0 Å². The van der Waals surface area contributed by atoms with Gasteiger partial charge < -0.3 is 19.6 Å². The zero-order valence-electron chi connectivity index (χ0n) is 13.0. The first-order valence-electron chi connectivity index (χ1n) is 7.12. The molecule has 0 unspecified atom stereocenters. The van der Waals surface area contributed by atoms with Crippen LogP contribution in [-0.4, -0.2) is 35.4 Å². The number of aliphatic hydroxyl groups excluding tert-OH is 1. The highest BCUT2D eigenvalue weighted by Gasteiger charge is 2.12. The lowest BCUT2D eigenvalue weighted by molar-refractivity contribution is 0.298. The summed E-state index contributed by atoms with van der Waals surface area (Å²) in [7, 11) is 1.57. The standard InChI is InChI=1S/C16H20N2O4/c1-4-22-14-9-11(5-6-13(14)21-3)15-17-10(2)12(7-8-19)16(20)18-15/h5-6,9,19H,4,7-8H2,1-3H3,(H,17,18,20). The number of hydrogen-bond donors (Lipinski definition) is 2. The van der Waals surface area contributed by atoms with Crippen molar-refractivity contribution in [2.24, 2.45) is 0 Å². The van der Waals surface area contributed by atoms with E-state index in [0.717, 1.165) is 5.56 Å². The minimum atomic E-state index is -0.231. The average Bonchev–Trinajstić information content (AvgIpc) is 2.51. The summed E-state index contributed by atoms with van der Waals surface area (Å²) >= 11 is 0. The molecule has 0 atom stereocenters. The summed E-state index contributed by atoms with van der Waals surface area (Å²) in [6, 6.07) is 5.37. The van der Waals surface area contributed by atoms with Crippen LogP contribution in [0.5, 0.6) is 11.5 Å². The predicted molar refractivity (Wildman–Crippen MR) is 83.5 cm³/mol. The van der Waals surface area contributed by atoms with Gasteiger partial charge >= 0.3 is 0 Å². The molecular weight excluding hydrogens is 284 g/mol. The van der Waals surface area contributed by atoms with E-state index in [4.69, 9.17) is 14.6 Å². The summed E-state index contributed by atoms with van der Waals surface area (Å²) < 4.78 is 10.8. The van der Waals surface area contributed by atoms with Gasteiger partial charge in [-0.1, -0.05) is 0 Å². The van der Waals surface area contributed by atoms with Crippen LogP contribution in [0.25, 0.3) is 11.4 Å². The van der Waals surface area contributed by atoms with Gasteiger partial charge in [0.15, 0.2) is 11.5 Å². The Kier molecular flexibility index (Phi) is 5.16. The van der Waals surface area contributed by atoms with E-state index in [9.17, 15) is 4.79 Å². The van der Waals surface area contributed by atoms with Crippen LogP contribution in [0.1, 0.15) is 18.2 Å². The number of nitrogens with one attached hydrogen (secondary N) is 1. The van der Waals surface area contributed by atoms with Crippen LogP contribution in [0.4, 0.5) is 0 Å². The Morgan fingerprint density at radius 3 is 2.68 bits per heavy atom. The smallest absolute Gasteiger partial charge is 0.254 e. The van der Waals surface area contributed by atoms with Gasteiger partial charge in [-0.3, -0.25) is 4.79 Å². The molecule has 2 aromatic rings. The number of aromatic amines is 1. The largest absolute Gasteiger partial charge is 0.493 e. The maximum Gasteiger partial charge on any atom is 0.254 e. The van der Waals surface area contributed by atoms with Crippen molar-refractivity contribution in [3.63, 3.8) is 0 Å². The Morgan fingerprint density at radius 2 is 2.09 bits per heavy atom. The molecule has 0 saturated carbocycles. The van der Waals surface area contributed by atoms with E-state index in [1.807, 2.05) is 13.0 Å². The minimum Gasteiger partial charge on any atom is -0.493 e. The van der Waals surface area contributed by atoms with E-state index < -0.39 is 0 Å². The third-order valence-corrected chi connectivity index (χ3v) is 3.32. The number of aryl methyl sites for hydroxylation is 1. The van der Waals surface area contributed by atoms with Gasteiger partial charge in [0.1, 0.15) is 5.82 Å². The van der Waals surface area contributed by atoms with Crippen molar-refractivity contribution < 1.29 is 14.6 Å². The van der Waals surface area contributed by atoms with Crippen LogP contribution in [0.2, 0.25) is 0 Å². The van der Waals surface area contributed by atoms with Crippen LogP contribution in [-0.2, 0) is 6.42 Å². The van der Waals surface area contributed by atoms with Gasteiger partial charge in [0.05, 0.1) is 13.7 Å². The van der Waals surface area contributed by atoms with E-state index in [1.165, 1.54) is 0 Å². The lowest BCUT2D eigenvalue weighted by atomic mass is 10.1. The maximum atomic E-state index is 12.1. The molecule has 1 aromatic heterocycles. The zero-order chi connectivity index (χ0) is 16.1. The number of nitrogens with zero attached hydrogens (tertiary/aromatic N) is 1. The second kappa shape index (κ2) is 7.09. The number of ether oxygens (including phenoxy) is 2. The first-order chi connectivity index (χ1) is 10.6. The molecule has 6 nitrogen and oxygen atoms in total. The second-order valence-corrected chi connectivity index (χ2v) is 4.75. The topological polar surface area (TPSA) is 84.4 Å². The normalized spacial score (nSPS) is 10.5. The molecule has 0 aliphatic carbocycles. The van der Waals surface area contributed by atoms with Crippen molar-refractivity contribution in [3.05, 3.63) is 39.8 Å². The summed E-state index contributed by atoms with van der Waals surface area (Å²) in [5.74, 6) is 1.69. The molecular formula is C16H20N2O4. The number of hydrogen-bond acceptors (Lipinski definition) is 5. The zero-order valence-corrected chi connectivity index (χ0v) is 13.0. The van der Waals surface area contributed by atoms with Crippen LogP contribution in [0.3, 0.4) is 0 Å². The summed E-state index contributed by atoms with van der Waals surface area (Å²) in [5.41, 5.74) is 1.62. The van der Waals surface area contributed by atoms with Gasteiger partial charge in [-0.25, -0.2) is 4.98 Å². The second-order valence-electron chi connectivity index (χ2n) is 4.75. The molecule has 0 aliphatic heterocycles. The van der Waals surface area contributed by atoms with Crippen molar-refractivity contribution >= 4 is 0 Å². The highest BCUT2D eigenvalue weighted by molar-refractivity contribution is 5.61. The van der Waals surface area contributed by atoms with E-state index in [1.54, 1.807) is 26.2 Å². The minimum absolute atomic E-state index is 0.0814. The van der Waals surface area contributed by atoms with Gasteiger partial charge in [-0.15, -0.1) is 0 Å². The molecule has 2 rings (SSSR count). The molecule has 1 heterocycles. The Bertz CT molecular complexity index is 710. The monoisotopic (exact) mass is 304 g/mol. The third-order valence-electron chi connectivity index (χ3n) is 3.32. The molecule has 0 fully saturated rings. The van der Waals surface area contributed by atoms with Crippen LogP contribution in [0.15, 0.2) is 23.0 Å². The van der Waals surface area contributed by atoms with Gasteiger partial charge in [0.25, 0.3) is 5.56 Å². The Balaban J connectivity index is 2.48. The van der Waals surface area contributed by atoms with Gasteiger partial charge in [0.2, 0.25) is 0 Å². The van der Waals surface area contributed by atoms with E-state index in [0.29, 0.717) is 41.6 Å². The number of aliphatic hydroxyl groups is 1. The molecule has 0 spiro atoms. The van der Waals surface area contributed by atoms with Crippen molar-refractivity contribution in [1.82, 2.24) is 9.97 Å².